The molecule has 184 valence electrons. The number of halogens is 1. The second-order valence-electron chi connectivity index (χ2n) is 9.28. The average molecular weight is 485 g/mol. The summed E-state index contributed by atoms with van der Waals surface area (Å²) in [6, 6.07) is 16.3. The van der Waals surface area contributed by atoms with E-state index in [1.807, 2.05) is 24.3 Å². The molecule has 1 atom stereocenters. The summed E-state index contributed by atoms with van der Waals surface area (Å²) in [5.41, 5.74) is 2.29. The summed E-state index contributed by atoms with van der Waals surface area (Å²) >= 11 is 0. The number of benzene rings is 2. The van der Waals surface area contributed by atoms with Crippen LogP contribution < -0.4 is 10.2 Å². The first-order valence-electron chi connectivity index (χ1n) is 12.4. The lowest BCUT2D eigenvalue weighted by atomic mass is 9.94. The van der Waals surface area contributed by atoms with Crippen molar-refractivity contribution in [2.45, 2.75) is 50.6 Å². The Labute approximate surface area is 209 Å². The highest BCUT2D eigenvalue weighted by atomic mass is 19.1. The minimum absolute atomic E-state index is 0.00577. The third-order valence-electron chi connectivity index (χ3n) is 6.86. The van der Waals surface area contributed by atoms with E-state index >= 15 is 4.39 Å². The number of hydrogen-bond acceptors (Lipinski definition) is 3. The molecule has 2 heterocycles. The first kappa shape index (κ1) is 23.7. The molecule has 2 aromatic heterocycles. The highest BCUT2D eigenvalue weighted by molar-refractivity contribution is 6.03. The van der Waals surface area contributed by atoms with Crippen molar-refractivity contribution in [1.29, 1.82) is 0 Å². The van der Waals surface area contributed by atoms with Crippen LogP contribution in [0.2, 0.25) is 0 Å². The Bertz CT molecular complexity index is 1350. The lowest BCUT2D eigenvalue weighted by Crippen LogP contribution is -2.48. The molecule has 2 aromatic carbocycles. The second kappa shape index (κ2) is 10.7. The van der Waals surface area contributed by atoms with Crippen LogP contribution in [0.1, 0.15) is 49.3 Å². The van der Waals surface area contributed by atoms with Gasteiger partial charge >= 0.3 is 0 Å². The normalized spacial score (nSPS) is 14.9. The van der Waals surface area contributed by atoms with Crippen molar-refractivity contribution in [1.82, 2.24) is 15.3 Å². The summed E-state index contributed by atoms with van der Waals surface area (Å²) < 4.78 is 15.2. The molecular formula is C29H29FN4O2. The number of aromatic nitrogens is 2. The minimum Gasteiger partial charge on any atom is -0.361 e. The molecule has 0 saturated heterocycles. The topological polar surface area (TPSA) is 78.1 Å². The Morgan fingerprint density at radius 3 is 2.58 bits per heavy atom. The van der Waals surface area contributed by atoms with Gasteiger partial charge < -0.3 is 10.3 Å². The van der Waals surface area contributed by atoms with Crippen LogP contribution in [0.4, 0.5) is 10.1 Å². The number of para-hydroxylation sites is 2. The van der Waals surface area contributed by atoms with Gasteiger partial charge in [0.25, 0.3) is 0 Å². The fourth-order valence-corrected chi connectivity index (χ4v) is 5.07. The van der Waals surface area contributed by atoms with Crippen LogP contribution in [0.5, 0.6) is 0 Å². The van der Waals surface area contributed by atoms with E-state index in [0.717, 1.165) is 48.6 Å². The van der Waals surface area contributed by atoms with Crippen molar-refractivity contribution >= 4 is 28.4 Å². The van der Waals surface area contributed by atoms with E-state index in [1.165, 1.54) is 11.0 Å². The number of nitrogens with one attached hydrogen (secondary N) is 2. The number of aromatic amines is 1. The van der Waals surface area contributed by atoms with Gasteiger partial charge in [-0.05, 0) is 42.7 Å². The standard InChI is InChI=1S/C29H29FN4O2/c30-24-13-5-7-15-26(24)34(27(35)17-21-19-32-25-14-6-4-12-23(21)25)28(20-9-8-16-31-18-20)29(36)33-22-10-2-1-3-11-22/h4-9,12-16,18-19,22,28,32H,1-3,10-11,17H2,(H,33,36). The van der Waals surface area contributed by atoms with Crippen molar-refractivity contribution in [2.75, 3.05) is 4.90 Å². The SMILES string of the molecule is O=C(NC1CCCCC1)C(c1cccnc1)N(C(=O)Cc1c[nH]c2ccccc12)c1ccccc1F. The third-order valence-corrected chi connectivity index (χ3v) is 6.86. The van der Waals surface area contributed by atoms with Crippen LogP contribution in [0.15, 0.2) is 79.3 Å². The molecule has 36 heavy (non-hydrogen) atoms. The van der Waals surface area contributed by atoms with Crippen LogP contribution in [-0.2, 0) is 16.0 Å². The zero-order valence-electron chi connectivity index (χ0n) is 20.0. The lowest BCUT2D eigenvalue weighted by molar-refractivity contribution is -0.127. The summed E-state index contributed by atoms with van der Waals surface area (Å²) in [7, 11) is 0. The number of carbonyl (C=O) groups excluding carboxylic acids is 2. The number of hydrogen-bond donors (Lipinski definition) is 2. The Morgan fingerprint density at radius 2 is 1.81 bits per heavy atom. The van der Waals surface area contributed by atoms with Gasteiger partial charge in [0.1, 0.15) is 11.9 Å². The molecule has 0 spiro atoms. The maximum absolute atomic E-state index is 15.2. The van der Waals surface area contributed by atoms with Crippen LogP contribution >= 0.6 is 0 Å². The molecule has 4 aromatic rings. The minimum atomic E-state index is -1.06. The Kier molecular flexibility index (Phi) is 7.07. The molecule has 1 aliphatic rings. The number of fused-ring (bicyclic) bond motifs is 1. The zero-order valence-corrected chi connectivity index (χ0v) is 20.0. The van der Waals surface area contributed by atoms with Gasteiger partial charge in [-0.25, -0.2) is 4.39 Å². The molecule has 7 heteroatoms. The quantitative estimate of drug-likeness (QED) is 0.365. The van der Waals surface area contributed by atoms with Crippen molar-refractivity contribution in [3.05, 3.63) is 96.2 Å². The summed E-state index contributed by atoms with van der Waals surface area (Å²) in [6.45, 7) is 0. The van der Waals surface area contributed by atoms with E-state index in [1.54, 1.807) is 48.9 Å². The summed E-state index contributed by atoms with van der Waals surface area (Å²) in [5.74, 6) is -1.27. The van der Waals surface area contributed by atoms with Gasteiger partial charge in [0, 0.05) is 41.1 Å². The zero-order chi connectivity index (χ0) is 24.9. The highest BCUT2D eigenvalue weighted by Crippen LogP contribution is 2.32. The first-order chi connectivity index (χ1) is 17.6. The first-order valence-corrected chi connectivity index (χ1v) is 12.4. The van der Waals surface area contributed by atoms with Crippen LogP contribution in [-0.4, -0.2) is 27.8 Å². The van der Waals surface area contributed by atoms with Crippen LogP contribution in [0.3, 0.4) is 0 Å². The van der Waals surface area contributed by atoms with Crippen molar-refractivity contribution in [2.24, 2.45) is 0 Å². The van der Waals surface area contributed by atoms with E-state index in [4.69, 9.17) is 0 Å². The van der Waals surface area contributed by atoms with Gasteiger partial charge in [0.05, 0.1) is 12.1 Å². The smallest absolute Gasteiger partial charge is 0.248 e. The predicted octanol–water partition coefficient (Wildman–Crippen LogP) is 5.47. The van der Waals surface area contributed by atoms with Gasteiger partial charge in [-0.2, -0.15) is 0 Å². The molecule has 1 saturated carbocycles. The molecular weight excluding hydrogens is 455 g/mol. The largest absolute Gasteiger partial charge is 0.361 e. The van der Waals surface area contributed by atoms with E-state index in [9.17, 15) is 9.59 Å². The number of pyridine rings is 1. The molecule has 0 bridgehead atoms. The summed E-state index contributed by atoms with van der Waals surface area (Å²) in [6.07, 6.45) is 10.0. The number of H-pyrrole nitrogens is 1. The predicted molar refractivity (Wildman–Crippen MR) is 138 cm³/mol. The number of carbonyl (C=O) groups is 2. The number of nitrogens with zero attached hydrogens (tertiary/aromatic N) is 2. The monoisotopic (exact) mass is 484 g/mol. The second-order valence-corrected chi connectivity index (χ2v) is 9.28. The van der Waals surface area contributed by atoms with Gasteiger partial charge in [-0.15, -0.1) is 0 Å². The Balaban J connectivity index is 1.55. The van der Waals surface area contributed by atoms with E-state index in [-0.39, 0.29) is 30.0 Å². The fraction of sp³-hybridized carbons (Fsp3) is 0.276. The van der Waals surface area contributed by atoms with Gasteiger partial charge in [0.15, 0.2) is 0 Å². The fourth-order valence-electron chi connectivity index (χ4n) is 5.07. The van der Waals surface area contributed by atoms with Crippen molar-refractivity contribution in [3.63, 3.8) is 0 Å². The molecule has 1 unspecified atom stereocenters. The molecule has 6 nitrogen and oxygen atoms in total. The molecule has 1 aliphatic carbocycles. The molecule has 0 aliphatic heterocycles. The van der Waals surface area contributed by atoms with E-state index < -0.39 is 11.9 Å². The third kappa shape index (κ3) is 5.00. The number of rotatable bonds is 7. The maximum atomic E-state index is 15.2. The van der Waals surface area contributed by atoms with Gasteiger partial charge in [0.2, 0.25) is 11.8 Å². The van der Waals surface area contributed by atoms with Gasteiger partial charge in [-0.1, -0.05) is 55.7 Å². The van der Waals surface area contributed by atoms with Crippen LogP contribution in [0.25, 0.3) is 10.9 Å². The Hall–Kier alpha value is -4.00. The summed E-state index contributed by atoms with van der Waals surface area (Å²) in [4.78, 5) is 36.4. The highest BCUT2D eigenvalue weighted by Gasteiger charge is 2.35. The average Bonchev–Trinajstić information content (AvgIpc) is 3.31. The van der Waals surface area contributed by atoms with Crippen molar-refractivity contribution < 1.29 is 14.0 Å². The maximum Gasteiger partial charge on any atom is 0.248 e. The van der Waals surface area contributed by atoms with E-state index in [2.05, 4.69) is 15.3 Å². The molecule has 1 fully saturated rings. The Morgan fingerprint density at radius 1 is 1.03 bits per heavy atom. The van der Waals surface area contributed by atoms with Crippen LogP contribution in [0, 0.1) is 5.82 Å². The van der Waals surface area contributed by atoms with Crippen molar-refractivity contribution in [3.8, 4) is 0 Å². The summed E-state index contributed by atoms with van der Waals surface area (Å²) in [5, 5.41) is 4.06. The molecule has 0 radical (unpaired) electrons. The number of amides is 2. The lowest BCUT2D eigenvalue weighted by Gasteiger charge is -2.33. The van der Waals surface area contributed by atoms with E-state index in [0.29, 0.717) is 5.56 Å². The molecule has 2 amide bonds. The van der Waals surface area contributed by atoms with Gasteiger partial charge in [-0.3, -0.25) is 19.5 Å². The molecule has 5 rings (SSSR count). The number of anilines is 1. The molecule has 2 N–H and O–H groups in total.